The van der Waals surface area contributed by atoms with Crippen LogP contribution in [-0.4, -0.2) is 29.1 Å². The van der Waals surface area contributed by atoms with Crippen molar-refractivity contribution in [2.24, 2.45) is 5.73 Å². The van der Waals surface area contributed by atoms with Gasteiger partial charge in [-0.1, -0.05) is 0 Å². The van der Waals surface area contributed by atoms with Crippen LogP contribution < -0.4 is 16.2 Å². The highest BCUT2D eigenvalue weighted by atomic mass is 16.1. The van der Waals surface area contributed by atoms with Crippen molar-refractivity contribution in [3.05, 3.63) is 21.6 Å². The Hall–Kier alpha value is -1.36. The van der Waals surface area contributed by atoms with Gasteiger partial charge in [-0.25, -0.2) is 4.98 Å². The fourth-order valence-corrected chi connectivity index (χ4v) is 1.98. The molecule has 16 heavy (non-hydrogen) atoms. The van der Waals surface area contributed by atoms with Crippen LogP contribution in [0.5, 0.6) is 0 Å². The summed E-state index contributed by atoms with van der Waals surface area (Å²) in [5.74, 6) is 0.656. The van der Waals surface area contributed by atoms with Gasteiger partial charge < -0.3 is 10.6 Å². The normalized spacial score (nSPS) is 21.2. The van der Waals surface area contributed by atoms with Crippen LogP contribution in [0.15, 0.2) is 4.79 Å². The van der Waals surface area contributed by atoms with E-state index in [1.165, 1.54) is 0 Å². The highest BCUT2D eigenvalue weighted by Gasteiger charge is 2.19. The zero-order valence-electron chi connectivity index (χ0n) is 9.79. The van der Waals surface area contributed by atoms with E-state index in [4.69, 9.17) is 5.73 Å². The summed E-state index contributed by atoms with van der Waals surface area (Å²) in [6.07, 6.45) is 2.10. The number of nitrogens with one attached hydrogen (secondary N) is 1. The molecule has 2 heterocycles. The van der Waals surface area contributed by atoms with Gasteiger partial charge in [0.1, 0.15) is 0 Å². The molecule has 1 aliphatic rings. The summed E-state index contributed by atoms with van der Waals surface area (Å²) < 4.78 is 0. The van der Waals surface area contributed by atoms with Gasteiger partial charge in [-0.15, -0.1) is 0 Å². The summed E-state index contributed by atoms with van der Waals surface area (Å²) in [6, 6.07) is 0.181. The van der Waals surface area contributed by atoms with Crippen LogP contribution in [-0.2, 0) is 0 Å². The second-order valence-corrected chi connectivity index (χ2v) is 4.45. The van der Waals surface area contributed by atoms with Crippen molar-refractivity contribution >= 4 is 5.95 Å². The molecule has 5 nitrogen and oxygen atoms in total. The summed E-state index contributed by atoms with van der Waals surface area (Å²) in [6.45, 7) is 5.33. The Kier molecular flexibility index (Phi) is 2.96. The fraction of sp³-hybridized carbons (Fsp3) is 0.636. The average Bonchev–Trinajstić information content (AvgIpc) is 2.25. The Labute approximate surface area is 94.7 Å². The molecule has 3 N–H and O–H groups in total. The number of rotatable bonds is 1. The predicted molar refractivity (Wildman–Crippen MR) is 63.8 cm³/mol. The molecule has 0 spiro atoms. The maximum Gasteiger partial charge on any atom is 0.255 e. The Morgan fingerprint density at radius 2 is 2.25 bits per heavy atom. The van der Waals surface area contributed by atoms with Gasteiger partial charge in [0.05, 0.1) is 0 Å². The monoisotopic (exact) mass is 222 g/mol. The number of piperidine rings is 1. The molecule has 1 aromatic rings. The molecule has 0 radical (unpaired) electrons. The van der Waals surface area contributed by atoms with Crippen LogP contribution in [0.4, 0.5) is 5.95 Å². The van der Waals surface area contributed by atoms with E-state index in [1.807, 2.05) is 6.92 Å². The van der Waals surface area contributed by atoms with Crippen molar-refractivity contribution in [2.75, 3.05) is 18.0 Å². The molecule has 5 heteroatoms. The zero-order valence-corrected chi connectivity index (χ0v) is 9.79. The van der Waals surface area contributed by atoms with Gasteiger partial charge in [0.15, 0.2) is 0 Å². The molecule has 88 valence electrons. The number of nitrogens with zero attached hydrogens (tertiary/aromatic N) is 2. The highest BCUT2D eigenvalue weighted by molar-refractivity contribution is 5.33. The third-order valence-corrected chi connectivity index (χ3v) is 3.14. The van der Waals surface area contributed by atoms with Crippen LogP contribution in [0.25, 0.3) is 0 Å². The van der Waals surface area contributed by atoms with E-state index in [-0.39, 0.29) is 11.6 Å². The molecule has 0 saturated carbocycles. The van der Waals surface area contributed by atoms with Crippen LogP contribution in [0, 0.1) is 13.8 Å². The SMILES string of the molecule is Cc1nc(N2CCCC(N)C2)[nH]c(=O)c1C. The lowest BCUT2D eigenvalue weighted by Gasteiger charge is -2.31. The summed E-state index contributed by atoms with van der Waals surface area (Å²) in [5.41, 5.74) is 7.33. The number of aromatic nitrogens is 2. The Morgan fingerprint density at radius 1 is 1.50 bits per heavy atom. The average molecular weight is 222 g/mol. The largest absolute Gasteiger partial charge is 0.341 e. The van der Waals surface area contributed by atoms with E-state index in [0.29, 0.717) is 11.5 Å². The van der Waals surface area contributed by atoms with Gasteiger partial charge in [0.25, 0.3) is 5.56 Å². The summed E-state index contributed by atoms with van der Waals surface area (Å²) in [5, 5.41) is 0. The van der Waals surface area contributed by atoms with Gasteiger partial charge in [0.2, 0.25) is 5.95 Å². The first-order valence-corrected chi connectivity index (χ1v) is 5.66. The topological polar surface area (TPSA) is 75.0 Å². The third kappa shape index (κ3) is 2.09. The number of nitrogens with two attached hydrogens (primary N) is 1. The minimum atomic E-state index is -0.0540. The summed E-state index contributed by atoms with van der Waals surface area (Å²) in [7, 11) is 0. The Balaban J connectivity index is 2.30. The van der Waals surface area contributed by atoms with Crippen molar-refractivity contribution < 1.29 is 0 Å². The molecule has 1 unspecified atom stereocenters. The van der Waals surface area contributed by atoms with Crippen LogP contribution in [0.1, 0.15) is 24.1 Å². The maximum atomic E-state index is 11.6. The molecule has 1 aromatic heterocycles. The van der Waals surface area contributed by atoms with Gasteiger partial charge in [0, 0.05) is 30.4 Å². The van der Waals surface area contributed by atoms with E-state index in [1.54, 1.807) is 6.92 Å². The predicted octanol–water partition coefficient (Wildman–Crippen LogP) is 0.314. The van der Waals surface area contributed by atoms with E-state index < -0.39 is 0 Å². The molecule has 0 aliphatic carbocycles. The van der Waals surface area contributed by atoms with Crippen molar-refractivity contribution in [2.45, 2.75) is 32.7 Å². The van der Waals surface area contributed by atoms with Crippen LogP contribution in [0.2, 0.25) is 0 Å². The first-order chi connectivity index (χ1) is 7.58. The third-order valence-electron chi connectivity index (χ3n) is 3.14. The highest BCUT2D eigenvalue weighted by Crippen LogP contribution is 2.14. The Morgan fingerprint density at radius 3 is 2.88 bits per heavy atom. The van der Waals surface area contributed by atoms with Gasteiger partial charge in [-0.2, -0.15) is 0 Å². The smallest absolute Gasteiger partial charge is 0.255 e. The van der Waals surface area contributed by atoms with E-state index >= 15 is 0 Å². The number of anilines is 1. The van der Waals surface area contributed by atoms with Gasteiger partial charge in [-0.05, 0) is 26.7 Å². The molecule has 1 fully saturated rings. The lowest BCUT2D eigenvalue weighted by molar-refractivity contribution is 0.499. The van der Waals surface area contributed by atoms with Gasteiger partial charge in [-0.3, -0.25) is 9.78 Å². The van der Waals surface area contributed by atoms with E-state index in [0.717, 1.165) is 31.6 Å². The molecule has 0 bridgehead atoms. The Bertz CT molecular complexity index is 440. The minimum Gasteiger partial charge on any atom is -0.341 e. The summed E-state index contributed by atoms with van der Waals surface area (Å²) >= 11 is 0. The van der Waals surface area contributed by atoms with Crippen LogP contribution in [0.3, 0.4) is 0 Å². The quantitative estimate of drug-likeness (QED) is 0.717. The second-order valence-electron chi connectivity index (χ2n) is 4.45. The molecule has 1 atom stereocenters. The van der Waals surface area contributed by atoms with Crippen molar-refractivity contribution in [3.8, 4) is 0 Å². The number of hydrogen-bond donors (Lipinski definition) is 2. The molecule has 2 rings (SSSR count). The molecule has 0 amide bonds. The molecule has 1 aliphatic heterocycles. The molecular formula is C11H18N4O. The first-order valence-electron chi connectivity index (χ1n) is 5.66. The fourth-order valence-electron chi connectivity index (χ4n) is 1.98. The number of aryl methyl sites for hydroxylation is 1. The number of hydrogen-bond acceptors (Lipinski definition) is 4. The van der Waals surface area contributed by atoms with Crippen molar-refractivity contribution in [3.63, 3.8) is 0 Å². The van der Waals surface area contributed by atoms with Crippen molar-refractivity contribution in [1.82, 2.24) is 9.97 Å². The van der Waals surface area contributed by atoms with Crippen LogP contribution >= 0.6 is 0 Å². The summed E-state index contributed by atoms with van der Waals surface area (Å²) in [4.78, 5) is 20.9. The lowest BCUT2D eigenvalue weighted by Crippen LogP contribution is -2.44. The minimum absolute atomic E-state index is 0.0540. The maximum absolute atomic E-state index is 11.6. The van der Waals surface area contributed by atoms with Crippen molar-refractivity contribution in [1.29, 1.82) is 0 Å². The van der Waals surface area contributed by atoms with E-state index in [2.05, 4.69) is 14.9 Å². The number of H-pyrrole nitrogens is 1. The van der Waals surface area contributed by atoms with Gasteiger partial charge >= 0.3 is 0 Å². The first kappa shape index (κ1) is 11.1. The molecule has 0 aromatic carbocycles. The lowest BCUT2D eigenvalue weighted by atomic mass is 10.1. The van der Waals surface area contributed by atoms with E-state index in [9.17, 15) is 4.79 Å². The number of aromatic amines is 1. The molecular weight excluding hydrogens is 204 g/mol. The second kappa shape index (κ2) is 4.25. The standard InChI is InChI=1S/C11H18N4O/c1-7-8(2)13-11(14-10(7)16)15-5-3-4-9(12)6-15/h9H,3-6,12H2,1-2H3,(H,13,14,16). The zero-order chi connectivity index (χ0) is 11.7. The molecule has 1 saturated heterocycles.